The molecule has 1 aliphatic carbocycles. The zero-order chi connectivity index (χ0) is 26.9. The van der Waals surface area contributed by atoms with Crippen LogP contribution in [0.1, 0.15) is 77.1 Å². The lowest BCUT2D eigenvalue weighted by Gasteiger charge is -2.24. The fraction of sp³-hybridized carbons (Fsp3) is 0.323. The maximum absolute atomic E-state index is 14.2. The second-order valence-corrected chi connectivity index (χ2v) is 11.2. The third-order valence-corrected chi connectivity index (χ3v) is 8.46. The predicted octanol–water partition coefficient (Wildman–Crippen LogP) is 7.74. The molecule has 1 aliphatic heterocycles. The highest BCUT2D eigenvalue weighted by molar-refractivity contribution is 6.35. The third kappa shape index (κ3) is 5.20. The van der Waals surface area contributed by atoms with Gasteiger partial charge in [0.25, 0.3) is 5.91 Å². The van der Waals surface area contributed by atoms with Gasteiger partial charge in [-0.2, -0.15) is 5.10 Å². The molecule has 1 fully saturated rings. The van der Waals surface area contributed by atoms with E-state index in [0.29, 0.717) is 28.0 Å². The Kier molecular flexibility index (Phi) is 7.41. The monoisotopic (exact) mass is 562 g/mol. The van der Waals surface area contributed by atoms with Gasteiger partial charge in [-0.1, -0.05) is 47.8 Å². The van der Waals surface area contributed by atoms with Gasteiger partial charge in [-0.25, -0.2) is 9.07 Å². The number of likely N-dealkylation sites (tertiary alicyclic amines) is 1. The van der Waals surface area contributed by atoms with Crippen LogP contribution in [0.3, 0.4) is 0 Å². The van der Waals surface area contributed by atoms with Gasteiger partial charge < -0.3 is 4.90 Å². The van der Waals surface area contributed by atoms with Gasteiger partial charge in [-0.05, 0) is 86.6 Å². The first-order chi connectivity index (χ1) is 19.0. The third-order valence-electron chi connectivity index (χ3n) is 7.92. The molecule has 0 bridgehead atoms. The van der Waals surface area contributed by atoms with Crippen molar-refractivity contribution >= 4 is 29.1 Å². The lowest BCUT2D eigenvalue weighted by atomic mass is 9.90. The standard InChI is InChI=1S/C31H29Cl2FN4O/c32-22-12-15-27(25(33)19-22)38-30-21(18-20-10-13-23(34)14-11-20)6-1-2-7-24(30)29(36-38)31(39)37-17-5-9-28(37)26-8-3-4-16-35-26/h3-4,8,10-16,19,21,28H,1-2,5-7,9,17-18H2. The van der Waals surface area contributed by atoms with Gasteiger partial charge in [0, 0.05) is 29.2 Å². The lowest BCUT2D eigenvalue weighted by Crippen LogP contribution is -2.32. The number of rotatable bonds is 5. The van der Waals surface area contributed by atoms with Crippen molar-refractivity contribution in [2.45, 2.75) is 56.9 Å². The average Bonchev–Trinajstić information content (AvgIpc) is 3.52. The number of hydrogen-bond donors (Lipinski definition) is 0. The molecule has 0 saturated carbocycles. The second kappa shape index (κ2) is 11.1. The first-order valence-corrected chi connectivity index (χ1v) is 14.3. The van der Waals surface area contributed by atoms with Crippen LogP contribution in [0.2, 0.25) is 10.0 Å². The van der Waals surface area contributed by atoms with E-state index >= 15 is 0 Å². The first-order valence-electron chi connectivity index (χ1n) is 13.5. The summed E-state index contributed by atoms with van der Waals surface area (Å²) in [6, 6.07) is 17.8. The maximum Gasteiger partial charge on any atom is 0.275 e. The van der Waals surface area contributed by atoms with E-state index in [-0.39, 0.29) is 23.7 Å². The Hall–Kier alpha value is -3.22. The summed E-state index contributed by atoms with van der Waals surface area (Å²) in [5.74, 6) is -0.219. The van der Waals surface area contributed by atoms with Crippen molar-refractivity contribution in [2.75, 3.05) is 6.54 Å². The molecule has 6 rings (SSSR count). The van der Waals surface area contributed by atoms with Crippen LogP contribution in [0.5, 0.6) is 0 Å². The molecule has 0 radical (unpaired) electrons. The molecule has 2 unspecified atom stereocenters. The Labute approximate surface area is 237 Å². The zero-order valence-electron chi connectivity index (χ0n) is 21.5. The molecule has 39 heavy (non-hydrogen) atoms. The number of pyridine rings is 1. The number of hydrogen-bond acceptors (Lipinski definition) is 3. The lowest BCUT2D eigenvalue weighted by molar-refractivity contribution is 0.0725. The molecule has 1 saturated heterocycles. The van der Waals surface area contributed by atoms with Crippen LogP contribution >= 0.6 is 23.2 Å². The molecule has 3 heterocycles. The van der Waals surface area contributed by atoms with Crippen molar-refractivity contribution in [3.8, 4) is 5.69 Å². The van der Waals surface area contributed by atoms with Gasteiger partial charge in [0.2, 0.25) is 0 Å². The molecule has 0 N–H and O–H groups in total. The highest BCUT2D eigenvalue weighted by Gasteiger charge is 2.37. The predicted molar refractivity (Wildman–Crippen MR) is 151 cm³/mol. The number of amides is 1. The molecular formula is C31H29Cl2FN4O. The molecule has 0 spiro atoms. The summed E-state index contributed by atoms with van der Waals surface area (Å²) in [4.78, 5) is 20.7. The van der Waals surface area contributed by atoms with E-state index < -0.39 is 0 Å². The number of benzene rings is 2. The molecule has 1 amide bonds. The molecule has 2 aromatic heterocycles. The topological polar surface area (TPSA) is 51.0 Å². The van der Waals surface area contributed by atoms with Gasteiger partial charge >= 0.3 is 0 Å². The van der Waals surface area contributed by atoms with E-state index in [2.05, 4.69) is 4.98 Å². The highest BCUT2D eigenvalue weighted by atomic mass is 35.5. The van der Waals surface area contributed by atoms with Crippen molar-refractivity contribution in [1.82, 2.24) is 19.7 Å². The zero-order valence-corrected chi connectivity index (χ0v) is 23.0. The molecule has 8 heteroatoms. The number of carbonyl (C=O) groups excluding carboxylic acids is 1. The number of nitrogens with zero attached hydrogens (tertiary/aromatic N) is 4. The summed E-state index contributed by atoms with van der Waals surface area (Å²) in [7, 11) is 0. The van der Waals surface area contributed by atoms with E-state index in [4.69, 9.17) is 28.3 Å². The minimum atomic E-state index is -0.251. The summed E-state index contributed by atoms with van der Waals surface area (Å²) in [6.07, 6.45) is 8.00. The Morgan fingerprint density at radius 2 is 1.85 bits per heavy atom. The first kappa shape index (κ1) is 26.0. The Balaban J connectivity index is 1.46. The normalized spacial score (nSPS) is 19.1. The van der Waals surface area contributed by atoms with Gasteiger partial charge in [0.1, 0.15) is 5.82 Å². The van der Waals surface area contributed by atoms with Gasteiger partial charge in [-0.3, -0.25) is 9.78 Å². The van der Waals surface area contributed by atoms with Gasteiger partial charge in [-0.15, -0.1) is 0 Å². The van der Waals surface area contributed by atoms with E-state index in [1.165, 1.54) is 12.1 Å². The van der Waals surface area contributed by atoms with Crippen LogP contribution in [0, 0.1) is 5.82 Å². The van der Waals surface area contributed by atoms with Crippen molar-refractivity contribution in [3.05, 3.63) is 111 Å². The van der Waals surface area contributed by atoms with Crippen LogP contribution in [0.25, 0.3) is 5.69 Å². The fourth-order valence-electron chi connectivity index (χ4n) is 6.10. The van der Waals surface area contributed by atoms with E-state index in [0.717, 1.165) is 67.5 Å². The molecule has 4 aromatic rings. The molecular weight excluding hydrogens is 534 g/mol. The van der Waals surface area contributed by atoms with E-state index in [9.17, 15) is 9.18 Å². The summed E-state index contributed by atoms with van der Waals surface area (Å²) >= 11 is 12.9. The van der Waals surface area contributed by atoms with Crippen molar-refractivity contribution in [1.29, 1.82) is 0 Å². The summed E-state index contributed by atoms with van der Waals surface area (Å²) in [6.45, 7) is 0.669. The largest absolute Gasteiger partial charge is 0.329 e. The summed E-state index contributed by atoms with van der Waals surface area (Å²) in [5, 5.41) is 6.00. The Morgan fingerprint density at radius 3 is 2.62 bits per heavy atom. The number of aromatic nitrogens is 3. The number of halogens is 3. The Bertz CT molecular complexity index is 1490. The molecule has 2 aromatic carbocycles. The van der Waals surface area contributed by atoms with Crippen LogP contribution in [-0.2, 0) is 12.8 Å². The van der Waals surface area contributed by atoms with E-state index in [1.54, 1.807) is 18.3 Å². The van der Waals surface area contributed by atoms with E-state index in [1.807, 2.05) is 46.0 Å². The quantitative estimate of drug-likeness (QED) is 0.234. The van der Waals surface area contributed by atoms with Crippen molar-refractivity contribution in [2.24, 2.45) is 0 Å². The SMILES string of the molecule is O=C(c1nn(-c2ccc(Cl)cc2Cl)c2c1CCCCC2Cc1ccc(F)cc1)N1CCCC1c1ccccn1. The smallest absolute Gasteiger partial charge is 0.275 e. The van der Waals surface area contributed by atoms with Crippen molar-refractivity contribution in [3.63, 3.8) is 0 Å². The van der Waals surface area contributed by atoms with Crippen LogP contribution in [0.15, 0.2) is 66.9 Å². The number of fused-ring (bicyclic) bond motifs is 1. The molecule has 2 atom stereocenters. The highest BCUT2D eigenvalue weighted by Crippen LogP contribution is 2.40. The fourth-order valence-corrected chi connectivity index (χ4v) is 6.59. The molecule has 5 nitrogen and oxygen atoms in total. The molecule has 200 valence electrons. The van der Waals surface area contributed by atoms with Gasteiger partial charge in [0.05, 0.1) is 28.1 Å². The van der Waals surface area contributed by atoms with Gasteiger partial charge in [0.15, 0.2) is 5.69 Å². The minimum Gasteiger partial charge on any atom is -0.329 e. The summed E-state index contributed by atoms with van der Waals surface area (Å²) in [5.41, 5.74) is 5.14. The second-order valence-electron chi connectivity index (χ2n) is 10.4. The minimum absolute atomic E-state index is 0.0642. The van der Waals surface area contributed by atoms with Crippen molar-refractivity contribution < 1.29 is 9.18 Å². The molecule has 2 aliphatic rings. The Morgan fingerprint density at radius 1 is 1.00 bits per heavy atom. The van der Waals surface area contributed by atoms with Crippen LogP contribution in [0.4, 0.5) is 4.39 Å². The van der Waals surface area contributed by atoms with Crippen LogP contribution in [-0.4, -0.2) is 32.1 Å². The van der Waals surface area contributed by atoms with Crippen LogP contribution < -0.4 is 0 Å². The average molecular weight is 564 g/mol. The summed E-state index contributed by atoms with van der Waals surface area (Å²) < 4.78 is 15.5. The maximum atomic E-state index is 14.2. The number of carbonyl (C=O) groups is 1.